The monoisotopic (exact) mass is 464 g/mol. The molecule has 1 aliphatic rings. The quantitative estimate of drug-likeness (QED) is 0.327. The Hall–Kier alpha value is -2.13. The zero-order chi connectivity index (χ0) is 24.6. The van der Waals surface area contributed by atoms with Crippen molar-refractivity contribution < 1.29 is 14.6 Å². The van der Waals surface area contributed by atoms with Gasteiger partial charge in [0.1, 0.15) is 18.1 Å². The number of hydrogen-bond donors (Lipinski definition) is 1. The maximum absolute atomic E-state index is 12.5. The molecule has 0 heterocycles. The van der Waals surface area contributed by atoms with Crippen molar-refractivity contribution in [2.75, 3.05) is 0 Å². The number of hydrogen-bond acceptors (Lipinski definition) is 3. The summed E-state index contributed by atoms with van der Waals surface area (Å²) < 4.78 is 6.47. The van der Waals surface area contributed by atoms with Gasteiger partial charge in [-0.15, -0.1) is 0 Å². The van der Waals surface area contributed by atoms with Gasteiger partial charge in [0.15, 0.2) is 0 Å². The Morgan fingerprint density at radius 1 is 1.09 bits per heavy atom. The molecule has 0 saturated heterocycles. The minimum atomic E-state index is -0.365. The van der Waals surface area contributed by atoms with E-state index in [1.54, 1.807) is 0 Å². The topological polar surface area (TPSA) is 46.5 Å². The molecule has 3 nitrogen and oxygen atoms in total. The number of Topliss-reactive ketones (excluding diaryl/α,β-unsaturated/α-hetero) is 1. The second-order valence-corrected chi connectivity index (χ2v) is 11.0. The molecule has 0 bridgehead atoms. The highest BCUT2D eigenvalue weighted by Gasteiger charge is 2.34. The van der Waals surface area contributed by atoms with Crippen molar-refractivity contribution in [1.82, 2.24) is 0 Å². The van der Waals surface area contributed by atoms with Crippen molar-refractivity contribution in [3.05, 3.63) is 65.2 Å². The van der Waals surface area contributed by atoms with Gasteiger partial charge in [-0.05, 0) is 66.2 Å². The second-order valence-electron chi connectivity index (χ2n) is 11.0. The highest BCUT2D eigenvalue weighted by atomic mass is 16.5. The van der Waals surface area contributed by atoms with Crippen LogP contribution in [0.1, 0.15) is 108 Å². The number of benzene rings is 2. The first-order chi connectivity index (χ1) is 16.3. The fraction of sp³-hybridized carbons (Fsp3) is 0.581. The van der Waals surface area contributed by atoms with E-state index in [1.807, 2.05) is 25.1 Å². The molecule has 186 valence electrons. The molecule has 3 atom stereocenters. The van der Waals surface area contributed by atoms with E-state index in [4.69, 9.17) is 4.74 Å². The SMILES string of the molecule is CCCCCCC(C)(C)c1ccc([C@@H]2CC(=O)CC[C@H]2CC(C)O)c(OCc2ccccc2)c1. The van der Waals surface area contributed by atoms with Gasteiger partial charge in [-0.3, -0.25) is 4.79 Å². The summed E-state index contributed by atoms with van der Waals surface area (Å²) in [7, 11) is 0. The van der Waals surface area contributed by atoms with Gasteiger partial charge in [0, 0.05) is 12.8 Å². The first-order valence-corrected chi connectivity index (χ1v) is 13.3. The van der Waals surface area contributed by atoms with Crippen molar-refractivity contribution >= 4 is 5.78 Å². The van der Waals surface area contributed by atoms with Crippen LogP contribution in [0, 0.1) is 5.92 Å². The molecule has 34 heavy (non-hydrogen) atoms. The van der Waals surface area contributed by atoms with E-state index in [0.29, 0.717) is 31.1 Å². The van der Waals surface area contributed by atoms with Crippen LogP contribution in [-0.4, -0.2) is 17.0 Å². The maximum atomic E-state index is 12.5. The van der Waals surface area contributed by atoms with Gasteiger partial charge in [-0.25, -0.2) is 0 Å². The van der Waals surface area contributed by atoms with Crippen LogP contribution in [0.25, 0.3) is 0 Å². The predicted octanol–water partition coefficient (Wildman–Crippen LogP) is 7.74. The van der Waals surface area contributed by atoms with Crippen LogP contribution in [0.2, 0.25) is 0 Å². The van der Waals surface area contributed by atoms with E-state index < -0.39 is 0 Å². The van der Waals surface area contributed by atoms with Crippen LogP contribution in [-0.2, 0) is 16.8 Å². The molecule has 3 rings (SSSR count). The van der Waals surface area contributed by atoms with Crippen LogP contribution in [0.3, 0.4) is 0 Å². The van der Waals surface area contributed by atoms with E-state index in [9.17, 15) is 9.90 Å². The van der Waals surface area contributed by atoms with Gasteiger partial charge >= 0.3 is 0 Å². The molecule has 3 heteroatoms. The fourth-order valence-electron chi connectivity index (χ4n) is 5.41. The highest BCUT2D eigenvalue weighted by Crippen LogP contribution is 2.44. The van der Waals surface area contributed by atoms with Crippen molar-refractivity contribution in [2.24, 2.45) is 5.92 Å². The van der Waals surface area contributed by atoms with E-state index >= 15 is 0 Å². The van der Waals surface area contributed by atoms with Crippen LogP contribution >= 0.6 is 0 Å². The Kier molecular flexibility index (Phi) is 9.76. The summed E-state index contributed by atoms with van der Waals surface area (Å²) in [6.07, 6.45) is 8.57. The van der Waals surface area contributed by atoms with Crippen molar-refractivity contribution in [3.63, 3.8) is 0 Å². The largest absolute Gasteiger partial charge is 0.489 e. The van der Waals surface area contributed by atoms with Crippen molar-refractivity contribution in [2.45, 2.75) is 110 Å². The summed E-state index contributed by atoms with van der Waals surface area (Å²) in [6.45, 7) is 9.27. The fourth-order valence-corrected chi connectivity index (χ4v) is 5.41. The normalized spacial score (nSPS) is 19.7. The molecule has 2 aromatic carbocycles. The lowest BCUT2D eigenvalue weighted by Crippen LogP contribution is -2.27. The molecule has 1 fully saturated rings. The molecule has 1 unspecified atom stereocenters. The van der Waals surface area contributed by atoms with Gasteiger partial charge < -0.3 is 9.84 Å². The molecule has 0 aromatic heterocycles. The third kappa shape index (κ3) is 7.43. The molecule has 0 radical (unpaired) electrons. The zero-order valence-corrected chi connectivity index (χ0v) is 21.7. The van der Waals surface area contributed by atoms with Gasteiger partial charge in [0.05, 0.1) is 6.10 Å². The number of carbonyl (C=O) groups excluding carboxylic acids is 1. The first-order valence-electron chi connectivity index (χ1n) is 13.3. The minimum Gasteiger partial charge on any atom is -0.489 e. The van der Waals surface area contributed by atoms with Gasteiger partial charge in [-0.1, -0.05) is 88.9 Å². The summed E-state index contributed by atoms with van der Waals surface area (Å²) in [6, 6.07) is 17.0. The second kappa shape index (κ2) is 12.5. The third-order valence-corrected chi connectivity index (χ3v) is 7.54. The smallest absolute Gasteiger partial charge is 0.133 e. The molecule has 1 aliphatic carbocycles. The lowest BCUT2D eigenvalue weighted by molar-refractivity contribution is -0.121. The summed E-state index contributed by atoms with van der Waals surface area (Å²) >= 11 is 0. The minimum absolute atomic E-state index is 0.0680. The number of aliphatic hydroxyl groups is 1. The lowest BCUT2D eigenvalue weighted by Gasteiger charge is -2.34. The number of carbonyl (C=O) groups is 1. The van der Waals surface area contributed by atoms with E-state index in [0.717, 1.165) is 36.1 Å². The van der Waals surface area contributed by atoms with Crippen LogP contribution < -0.4 is 4.74 Å². The molecule has 1 N–H and O–H groups in total. The Balaban J connectivity index is 1.91. The summed E-state index contributed by atoms with van der Waals surface area (Å²) in [5.74, 6) is 1.62. The maximum Gasteiger partial charge on any atom is 0.133 e. The van der Waals surface area contributed by atoms with Crippen molar-refractivity contribution in [3.8, 4) is 5.75 Å². The molecule has 0 spiro atoms. The first kappa shape index (κ1) is 26.5. The Bertz CT molecular complexity index is 900. The van der Waals surface area contributed by atoms with Crippen LogP contribution in [0.4, 0.5) is 0 Å². The average Bonchev–Trinajstić information content (AvgIpc) is 2.82. The Morgan fingerprint density at radius 3 is 2.56 bits per heavy atom. The predicted molar refractivity (Wildman–Crippen MR) is 140 cm³/mol. The third-order valence-electron chi connectivity index (χ3n) is 7.54. The highest BCUT2D eigenvalue weighted by molar-refractivity contribution is 5.80. The molecule has 1 saturated carbocycles. The Labute approximate surface area is 206 Å². The standard InChI is InChI=1S/C31H44O3/c1-5-6-7-11-18-31(3,4)26-15-17-28(29-21-27(33)16-14-25(29)19-23(2)32)30(20-26)34-22-24-12-9-8-10-13-24/h8-10,12-13,15,17,20,23,25,29,32H,5-7,11,14,16,18-19,21-22H2,1-4H3/t23?,25-,29+/m0/s1. The summed E-state index contributed by atoms with van der Waals surface area (Å²) in [4.78, 5) is 12.5. The number of rotatable bonds is 12. The van der Waals surface area contributed by atoms with Gasteiger partial charge in [0.25, 0.3) is 0 Å². The van der Waals surface area contributed by atoms with Crippen molar-refractivity contribution in [1.29, 1.82) is 0 Å². The van der Waals surface area contributed by atoms with E-state index in [-0.39, 0.29) is 17.4 Å². The molecular formula is C31H44O3. The number of unbranched alkanes of at least 4 members (excludes halogenated alkanes) is 3. The molecule has 2 aromatic rings. The number of aliphatic hydroxyl groups excluding tert-OH is 1. The number of ether oxygens (including phenoxy) is 1. The van der Waals surface area contributed by atoms with E-state index in [2.05, 4.69) is 51.1 Å². The van der Waals surface area contributed by atoms with Crippen LogP contribution in [0.15, 0.2) is 48.5 Å². The summed E-state index contributed by atoms with van der Waals surface area (Å²) in [5, 5.41) is 10.1. The van der Waals surface area contributed by atoms with Crippen LogP contribution in [0.5, 0.6) is 5.75 Å². The summed E-state index contributed by atoms with van der Waals surface area (Å²) in [5.41, 5.74) is 3.63. The number of ketones is 1. The molecule has 0 amide bonds. The van der Waals surface area contributed by atoms with Gasteiger partial charge in [-0.2, -0.15) is 0 Å². The Morgan fingerprint density at radius 2 is 1.85 bits per heavy atom. The average molecular weight is 465 g/mol. The van der Waals surface area contributed by atoms with Gasteiger partial charge in [0.2, 0.25) is 0 Å². The lowest BCUT2D eigenvalue weighted by atomic mass is 9.71. The van der Waals surface area contributed by atoms with E-state index in [1.165, 1.54) is 31.2 Å². The zero-order valence-electron chi connectivity index (χ0n) is 21.7. The molecule has 0 aliphatic heterocycles. The molecular weight excluding hydrogens is 420 g/mol.